The average Bonchev–Trinajstić information content (AvgIpc) is 3.03. The molecule has 0 radical (unpaired) electrons. The first-order chi connectivity index (χ1) is 6.43. The van der Waals surface area contributed by atoms with Crippen molar-refractivity contribution in [2.75, 3.05) is 13.2 Å². The molecule has 0 aromatic carbocycles. The minimum absolute atomic E-state index is 0.491. The molecule has 4 fully saturated rings. The summed E-state index contributed by atoms with van der Waals surface area (Å²) in [7, 11) is 0. The van der Waals surface area contributed by atoms with Gasteiger partial charge in [-0.15, -0.1) is 0 Å². The van der Waals surface area contributed by atoms with Crippen molar-refractivity contribution in [2.24, 2.45) is 0 Å². The molecule has 74 valence electrons. The Morgan fingerprint density at radius 1 is 0.692 bits per heavy atom. The predicted molar refractivity (Wildman–Crippen MR) is 46.6 cm³/mol. The van der Waals surface area contributed by atoms with E-state index in [-0.39, 0.29) is 0 Å². The fourth-order valence-corrected chi connectivity index (χ4v) is 1.92. The first kappa shape index (κ1) is 8.21. The Morgan fingerprint density at radius 3 is 1.46 bits per heavy atom. The lowest BCUT2D eigenvalue weighted by atomic mass is 10.0. The SMILES string of the molecule is C1CCC2OC2C1.C1OC1C1CO1. The van der Waals surface area contributed by atoms with Gasteiger partial charge in [0.05, 0.1) is 25.4 Å². The van der Waals surface area contributed by atoms with E-state index in [0.717, 1.165) is 13.2 Å². The molecule has 1 saturated carbocycles. The highest BCUT2D eigenvalue weighted by Crippen LogP contribution is 2.35. The highest BCUT2D eigenvalue weighted by molar-refractivity contribution is 4.88. The first-order valence-corrected chi connectivity index (χ1v) is 5.32. The van der Waals surface area contributed by atoms with Crippen LogP contribution in [-0.4, -0.2) is 37.6 Å². The van der Waals surface area contributed by atoms with E-state index in [1.165, 1.54) is 25.7 Å². The fourth-order valence-electron chi connectivity index (χ4n) is 1.92. The summed E-state index contributed by atoms with van der Waals surface area (Å²) in [5.74, 6) is 0. The van der Waals surface area contributed by atoms with Crippen LogP contribution in [-0.2, 0) is 14.2 Å². The maximum atomic E-state index is 5.28. The normalized spacial score (nSPS) is 49.8. The van der Waals surface area contributed by atoms with Gasteiger partial charge < -0.3 is 14.2 Å². The minimum atomic E-state index is 0.491. The molecule has 0 amide bonds. The molecule has 0 bridgehead atoms. The molecule has 1 aliphatic carbocycles. The van der Waals surface area contributed by atoms with Gasteiger partial charge in [-0.2, -0.15) is 0 Å². The number of ether oxygens (including phenoxy) is 3. The van der Waals surface area contributed by atoms with Crippen LogP contribution in [0.3, 0.4) is 0 Å². The van der Waals surface area contributed by atoms with Gasteiger partial charge in [0.25, 0.3) is 0 Å². The molecule has 3 heterocycles. The zero-order chi connectivity index (χ0) is 8.67. The number of hydrogen-bond donors (Lipinski definition) is 0. The molecule has 4 unspecified atom stereocenters. The summed E-state index contributed by atoms with van der Waals surface area (Å²) in [4.78, 5) is 0. The summed E-state index contributed by atoms with van der Waals surface area (Å²) in [6, 6.07) is 0. The second-order valence-corrected chi connectivity index (χ2v) is 4.24. The molecule has 3 saturated heterocycles. The van der Waals surface area contributed by atoms with Crippen LogP contribution in [0, 0.1) is 0 Å². The second kappa shape index (κ2) is 3.23. The van der Waals surface area contributed by atoms with Gasteiger partial charge in [0, 0.05) is 0 Å². The summed E-state index contributed by atoms with van der Waals surface area (Å²) in [5.41, 5.74) is 0. The van der Waals surface area contributed by atoms with E-state index >= 15 is 0 Å². The van der Waals surface area contributed by atoms with Crippen molar-refractivity contribution >= 4 is 0 Å². The van der Waals surface area contributed by atoms with Crippen LogP contribution in [0.1, 0.15) is 25.7 Å². The first-order valence-electron chi connectivity index (χ1n) is 5.32. The van der Waals surface area contributed by atoms with Gasteiger partial charge in [0.15, 0.2) is 0 Å². The third-order valence-corrected chi connectivity index (χ3v) is 3.05. The molecular weight excluding hydrogens is 168 g/mol. The van der Waals surface area contributed by atoms with Crippen LogP contribution in [0.4, 0.5) is 0 Å². The van der Waals surface area contributed by atoms with Crippen LogP contribution in [0.15, 0.2) is 0 Å². The van der Waals surface area contributed by atoms with E-state index < -0.39 is 0 Å². The third kappa shape index (κ3) is 2.22. The van der Waals surface area contributed by atoms with Gasteiger partial charge in [0.1, 0.15) is 12.2 Å². The Bertz CT molecular complexity index is 167. The summed E-state index contributed by atoms with van der Waals surface area (Å²) >= 11 is 0. The van der Waals surface area contributed by atoms with Crippen LogP contribution in [0.2, 0.25) is 0 Å². The standard InChI is InChI=1S/C6H10O.C4H6O2/c1-2-4-6-5(3-1)7-6;1-3(5-1)4-2-6-4/h5-6H,1-4H2;3-4H,1-2H2. The minimum Gasteiger partial charge on any atom is -0.370 e. The Kier molecular flexibility index (Phi) is 2.04. The monoisotopic (exact) mass is 184 g/mol. The molecule has 4 atom stereocenters. The number of epoxide rings is 3. The van der Waals surface area contributed by atoms with Gasteiger partial charge in [-0.25, -0.2) is 0 Å². The van der Waals surface area contributed by atoms with Crippen molar-refractivity contribution in [3.63, 3.8) is 0 Å². The van der Waals surface area contributed by atoms with E-state index in [1.807, 2.05) is 0 Å². The molecule has 0 aromatic rings. The van der Waals surface area contributed by atoms with Gasteiger partial charge in [-0.3, -0.25) is 0 Å². The second-order valence-electron chi connectivity index (χ2n) is 4.24. The van der Waals surface area contributed by atoms with Crippen LogP contribution in [0.5, 0.6) is 0 Å². The van der Waals surface area contributed by atoms with Crippen molar-refractivity contribution in [3.8, 4) is 0 Å². The molecule has 4 aliphatic rings. The average molecular weight is 184 g/mol. The van der Waals surface area contributed by atoms with Crippen molar-refractivity contribution in [1.82, 2.24) is 0 Å². The molecule has 4 rings (SSSR count). The van der Waals surface area contributed by atoms with Crippen molar-refractivity contribution in [3.05, 3.63) is 0 Å². The van der Waals surface area contributed by atoms with Crippen LogP contribution < -0.4 is 0 Å². The number of rotatable bonds is 1. The lowest BCUT2D eigenvalue weighted by molar-refractivity contribution is 0.325. The van der Waals surface area contributed by atoms with Crippen LogP contribution in [0.25, 0.3) is 0 Å². The predicted octanol–water partition coefficient (Wildman–Crippen LogP) is 1.11. The Hall–Kier alpha value is -0.120. The summed E-state index contributed by atoms with van der Waals surface area (Å²) in [5, 5.41) is 0. The van der Waals surface area contributed by atoms with Crippen molar-refractivity contribution < 1.29 is 14.2 Å². The molecule has 0 N–H and O–H groups in total. The maximum absolute atomic E-state index is 5.28. The Morgan fingerprint density at radius 2 is 1.15 bits per heavy atom. The van der Waals surface area contributed by atoms with E-state index in [0.29, 0.717) is 24.4 Å². The highest BCUT2D eigenvalue weighted by atomic mass is 16.6. The molecule has 3 heteroatoms. The largest absolute Gasteiger partial charge is 0.370 e. The number of hydrogen-bond acceptors (Lipinski definition) is 3. The Balaban J connectivity index is 0.0000000875. The summed E-state index contributed by atoms with van der Waals surface area (Å²) in [6.45, 7) is 1.87. The maximum Gasteiger partial charge on any atom is 0.109 e. The smallest absolute Gasteiger partial charge is 0.109 e. The van der Waals surface area contributed by atoms with Gasteiger partial charge in [-0.1, -0.05) is 12.8 Å². The van der Waals surface area contributed by atoms with E-state index in [4.69, 9.17) is 14.2 Å². The topological polar surface area (TPSA) is 37.6 Å². The summed E-state index contributed by atoms with van der Waals surface area (Å²) < 4.78 is 15.1. The lowest BCUT2D eigenvalue weighted by Gasteiger charge is -2.00. The van der Waals surface area contributed by atoms with Crippen LogP contribution >= 0.6 is 0 Å². The fraction of sp³-hybridized carbons (Fsp3) is 1.00. The zero-order valence-corrected chi connectivity index (χ0v) is 7.78. The molecule has 3 aliphatic heterocycles. The van der Waals surface area contributed by atoms with Crippen molar-refractivity contribution in [1.29, 1.82) is 0 Å². The van der Waals surface area contributed by atoms with E-state index in [2.05, 4.69) is 0 Å². The highest BCUT2D eigenvalue weighted by Gasteiger charge is 2.41. The van der Waals surface area contributed by atoms with E-state index in [9.17, 15) is 0 Å². The van der Waals surface area contributed by atoms with Crippen molar-refractivity contribution in [2.45, 2.75) is 50.1 Å². The summed E-state index contributed by atoms with van der Waals surface area (Å²) in [6.07, 6.45) is 7.87. The molecule has 0 aromatic heterocycles. The molecular formula is C10H16O3. The molecule has 13 heavy (non-hydrogen) atoms. The van der Waals surface area contributed by atoms with Gasteiger partial charge in [0.2, 0.25) is 0 Å². The van der Waals surface area contributed by atoms with Gasteiger partial charge in [-0.05, 0) is 12.8 Å². The molecule has 3 nitrogen and oxygen atoms in total. The van der Waals surface area contributed by atoms with E-state index in [1.54, 1.807) is 0 Å². The number of fused-ring (bicyclic) bond motifs is 1. The third-order valence-electron chi connectivity index (χ3n) is 3.05. The lowest BCUT2D eigenvalue weighted by Crippen LogP contribution is -2.00. The molecule has 0 spiro atoms. The quantitative estimate of drug-likeness (QED) is 0.573. The Labute approximate surface area is 78.3 Å². The van der Waals surface area contributed by atoms with Gasteiger partial charge >= 0.3 is 0 Å². The zero-order valence-electron chi connectivity index (χ0n) is 7.78.